The van der Waals surface area contributed by atoms with E-state index in [4.69, 9.17) is 8.94 Å². The Balaban J connectivity index is 1.96. The van der Waals surface area contributed by atoms with Crippen molar-refractivity contribution in [2.75, 3.05) is 6.54 Å². The fourth-order valence-electron chi connectivity index (χ4n) is 1.82. The lowest BCUT2D eigenvalue weighted by atomic mass is 10.2. The van der Waals surface area contributed by atoms with Gasteiger partial charge in [-0.05, 0) is 12.6 Å². The van der Waals surface area contributed by atoms with Crippen LogP contribution in [0, 0.1) is 0 Å². The molecular formula is C13H13N3O2. The van der Waals surface area contributed by atoms with Crippen LogP contribution in [0.2, 0.25) is 0 Å². The van der Waals surface area contributed by atoms with E-state index in [-0.39, 0.29) is 0 Å². The highest BCUT2D eigenvalue weighted by Crippen LogP contribution is 2.28. The van der Waals surface area contributed by atoms with Gasteiger partial charge in [-0.15, -0.1) is 0 Å². The van der Waals surface area contributed by atoms with Crippen LogP contribution in [0.15, 0.2) is 39.5 Å². The number of aromatic nitrogens is 2. The molecule has 0 aliphatic rings. The van der Waals surface area contributed by atoms with Gasteiger partial charge in [0.2, 0.25) is 0 Å². The Kier molecular flexibility index (Phi) is 2.82. The average molecular weight is 243 g/mol. The molecule has 0 saturated carbocycles. The molecule has 0 aliphatic heterocycles. The highest BCUT2D eigenvalue weighted by Gasteiger charge is 2.14. The number of nitrogens with zero attached hydrogens (tertiary/aromatic N) is 2. The lowest BCUT2D eigenvalue weighted by molar-refractivity contribution is 0.419. The summed E-state index contributed by atoms with van der Waals surface area (Å²) in [5.74, 6) is 1.14. The Hall–Kier alpha value is -2.14. The fraction of sp³-hybridized carbons (Fsp3) is 0.231. The first-order valence-electron chi connectivity index (χ1n) is 5.88. The van der Waals surface area contributed by atoms with Crippen molar-refractivity contribution in [1.29, 1.82) is 0 Å². The number of hydrogen-bond acceptors (Lipinski definition) is 5. The number of nitrogens with one attached hydrogen (secondary N) is 1. The second-order valence-electron chi connectivity index (χ2n) is 3.94. The quantitative estimate of drug-likeness (QED) is 0.763. The first kappa shape index (κ1) is 11.0. The molecule has 5 heteroatoms. The molecule has 5 nitrogen and oxygen atoms in total. The van der Waals surface area contributed by atoms with E-state index in [1.165, 1.54) is 0 Å². The van der Waals surface area contributed by atoms with E-state index in [2.05, 4.69) is 15.5 Å². The lowest BCUT2D eigenvalue weighted by Crippen LogP contribution is -2.12. The van der Waals surface area contributed by atoms with Crippen LogP contribution in [0.1, 0.15) is 12.7 Å². The van der Waals surface area contributed by atoms with E-state index in [1.54, 1.807) is 6.26 Å². The maximum atomic E-state index is 5.45. The molecule has 0 aliphatic carbocycles. The van der Waals surface area contributed by atoms with E-state index in [9.17, 15) is 0 Å². The molecule has 0 spiro atoms. The highest BCUT2D eigenvalue weighted by molar-refractivity contribution is 5.91. The molecule has 0 radical (unpaired) electrons. The molecule has 18 heavy (non-hydrogen) atoms. The predicted molar refractivity (Wildman–Crippen MR) is 66.9 cm³/mol. The zero-order chi connectivity index (χ0) is 12.4. The molecular weight excluding hydrogens is 230 g/mol. The summed E-state index contributed by atoms with van der Waals surface area (Å²) < 4.78 is 10.7. The van der Waals surface area contributed by atoms with Crippen LogP contribution in [-0.2, 0) is 6.54 Å². The van der Waals surface area contributed by atoms with E-state index in [0.29, 0.717) is 18.3 Å². The molecule has 1 aromatic carbocycles. The summed E-state index contributed by atoms with van der Waals surface area (Å²) in [5.41, 5.74) is 1.65. The maximum absolute atomic E-state index is 5.45. The molecule has 0 unspecified atom stereocenters. The van der Waals surface area contributed by atoms with Gasteiger partial charge in [-0.3, -0.25) is 0 Å². The standard InChI is InChI=1S/C13H13N3O2/c1-2-14-7-12-15-13(18-16-12)10-8-17-11-6-4-3-5-9(10)11/h3-6,8,14H,2,7H2,1H3. The Morgan fingerprint density at radius 1 is 1.28 bits per heavy atom. The molecule has 2 aromatic heterocycles. The molecule has 0 amide bonds. The van der Waals surface area contributed by atoms with Gasteiger partial charge < -0.3 is 14.3 Å². The summed E-state index contributed by atoms with van der Waals surface area (Å²) in [6, 6.07) is 7.77. The number of furan rings is 1. The van der Waals surface area contributed by atoms with Gasteiger partial charge in [0, 0.05) is 5.39 Å². The van der Waals surface area contributed by atoms with Crippen molar-refractivity contribution in [2.45, 2.75) is 13.5 Å². The third-order valence-corrected chi connectivity index (χ3v) is 2.71. The zero-order valence-corrected chi connectivity index (χ0v) is 10.0. The van der Waals surface area contributed by atoms with Crippen molar-refractivity contribution in [3.63, 3.8) is 0 Å². The molecule has 3 aromatic rings. The van der Waals surface area contributed by atoms with Crippen LogP contribution in [0.4, 0.5) is 0 Å². The van der Waals surface area contributed by atoms with E-state index in [1.807, 2.05) is 31.2 Å². The number of hydrogen-bond donors (Lipinski definition) is 1. The summed E-state index contributed by atoms with van der Waals surface area (Å²) in [5, 5.41) is 8.06. The van der Waals surface area contributed by atoms with E-state index in [0.717, 1.165) is 23.1 Å². The third kappa shape index (κ3) is 1.89. The number of rotatable bonds is 4. The molecule has 0 fully saturated rings. The van der Waals surface area contributed by atoms with Gasteiger partial charge in [0.25, 0.3) is 5.89 Å². The first-order chi connectivity index (χ1) is 8.88. The largest absolute Gasteiger partial charge is 0.463 e. The van der Waals surface area contributed by atoms with Gasteiger partial charge >= 0.3 is 0 Å². The van der Waals surface area contributed by atoms with Gasteiger partial charge in [0.05, 0.1) is 12.1 Å². The zero-order valence-electron chi connectivity index (χ0n) is 10.0. The third-order valence-electron chi connectivity index (χ3n) is 2.71. The molecule has 92 valence electrons. The van der Waals surface area contributed by atoms with Crippen LogP contribution in [0.3, 0.4) is 0 Å². The highest BCUT2D eigenvalue weighted by atomic mass is 16.5. The van der Waals surface area contributed by atoms with Crippen molar-refractivity contribution in [3.05, 3.63) is 36.4 Å². The summed E-state index contributed by atoms with van der Waals surface area (Å²) in [4.78, 5) is 4.34. The van der Waals surface area contributed by atoms with E-state index >= 15 is 0 Å². The molecule has 3 rings (SSSR count). The van der Waals surface area contributed by atoms with Gasteiger partial charge in [0.1, 0.15) is 11.8 Å². The van der Waals surface area contributed by atoms with Crippen molar-refractivity contribution in [3.8, 4) is 11.5 Å². The number of para-hydroxylation sites is 1. The topological polar surface area (TPSA) is 64.1 Å². The van der Waals surface area contributed by atoms with Gasteiger partial charge in [-0.25, -0.2) is 0 Å². The first-order valence-corrected chi connectivity index (χ1v) is 5.88. The van der Waals surface area contributed by atoms with Crippen molar-refractivity contribution in [1.82, 2.24) is 15.5 Å². The minimum atomic E-state index is 0.493. The van der Waals surface area contributed by atoms with Gasteiger partial charge in [-0.2, -0.15) is 4.98 Å². The fourth-order valence-corrected chi connectivity index (χ4v) is 1.82. The van der Waals surface area contributed by atoms with Crippen LogP contribution in [-0.4, -0.2) is 16.7 Å². The smallest absolute Gasteiger partial charge is 0.261 e. The van der Waals surface area contributed by atoms with Crippen LogP contribution in [0.25, 0.3) is 22.4 Å². The minimum absolute atomic E-state index is 0.493. The lowest BCUT2D eigenvalue weighted by Gasteiger charge is -1.92. The molecule has 2 heterocycles. The Bertz CT molecular complexity index is 657. The van der Waals surface area contributed by atoms with Gasteiger partial charge in [0.15, 0.2) is 5.82 Å². The van der Waals surface area contributed by atoms with Crippen LogP contribution in [0.5, 0.6) is 0 Å². The molecule has 0 atom stereocenters. The van der Waals surface area contributed by atoms with Crippen LogP contribution < -0.4 is 5.32 Å². The predicted octanol–water partition coefficient (Wildman–Crippen LogP) is 2.59. The number of benzene rings is 1. The normalized spacial score (nSPS) is 11.2. The summed E-state index contributed by atoms with van der Waals surface area (Å²) in [7, 11) is 0. The summed E-state index contributed by atoms with van der Waals surface area (Å²) in [6.07, 6.45) is 1.65. The van der Waals surface area contributed by atoms with Crippen molar-refractivity contribution in [2.24, 2.45) is 0 Å². The second-order valence-corrected chi connectivity index (χ2v) is 3.94. The second kappa shape index (κ2) is 4.62. The SMILES string of the molecule is CCNCc1noc(-c2coc3ccccc23)n1. The van der Waals surface area contributed by atoms with Gasteiger partial charge in [-0.1, -0.05) is 30.3 Å². The summed E-state index contributed by atoms with van der Waals surface area (Å²) in [6.45, 7) is 3.51. The number of fused-ring (bicyclic) bond motifs is 1. The van der Waals surface area contributed by atoms with E-state index < -0.39 is 0 Å². The minimum Gasteiger partial charge on any atom is -0.463 e. The van der Waals surface area contributed by atoms with Crippen molar-refractivity contribution < 1.29 is 8.94 Å². The Morgan fingerprint density at radius 3 is 3.06 bits per heavy atom. The molecule has 0 bridgehead atoms. The van der Waals surface area contributed by atoms with Crippen LogP contribution >= 0.6 is 0 Å². The monoisotopic (exact) mass is 243 g/mol. The van der Waals surface area contributed by atoms with Crippen molar-refractivity contribution >= 4 is 11.0 Å². The summed E-state index contributed by atoms with van der Waals surface area (Å²) >= 11 is 0. The molecule has 0 saturated heterocycles. The Labute approximate surface area is 104 Å². The maximum Gasteiger partial charge on any atom is 0.261 e. The molecule has 1 N–H and O–H groups in total. The Morgan fingerprint density at radius 2 is 2.17 bits per heavy atom. The average Bonchev–Trinajstić information content (AvgIpc) is 3.02.